The van der Waals surface area contributed by atoms with Crippen molar-refractivity contribution in [1.29, 1.82) is 0 Å². The van der Waals surface area contributed by atoms with E-state index in [1.54, 1.807) is 60.7 Å². The summed E-state index contributed by atoms with van der Waals surface area (Å²) in [7, 11) is 0. The summed E-state index contributed by atoms with van der Waals surface area (Å²) in [6.07, 6.45) is 2.34. The van der Waals surface area contributed by atoms with Crippen LogP contribution in [0.15, 0.2) is 78.9 Å². The van der Waals surface area contributed by atoms with Gasteiger partial charge in [0.05, 0.1) is 21.8 Å². The molecule has 6 rings (SSSR count). The first-order valence-corrected chi connectivity index (χ1v) is 13.5. The Morgan fingerprint density at radius 1 is 1.23 bits per heavy atom. The lowest BCUT2D eigenvalue weighted by Gasteiger charge is -2.23. The summed E-state index contributed by atoms with van der Waals surface area (Å²) in [6, 6.07) is 16.7. The third kappa shape index (κ3) is 4.45. The van der Waals surface area contributed by atoms with Gasteiger partial charge in [0.2, 0.25) is 0 Å². The molecular formula is C30H23ClN2O5S. The van der Waals surface area contributed by atoms with Gasteiger partial charge in [-0.05, 0) is 66.6 Å². The number of ether oxygens (including phenoxy) is 2. The van der Waals surface area contributed by atoms with Crippen molar-refractivity contribution in [3.05, 3.63) is 101 Å². The van der Waals surface area contributed by atoms with Crippen LogP contribution in [-0.4, -0.2) is 34.5 Å². The molecule has 0 spiro atoms. The lowest BCUT2D eigenvalue weighted by molar-refractivity contribution is -0.132. The van der Waals surface area contributed by atoms with E-state index >= 15 is 0 Å². The van der Waals surface area contributed by atoms with Crippen LogP contribution in [-0.2, 0) is 16.0 Å². The van der Waals surface area contributed by atoms with Crippen molar-refractivity contribution >= 4 is 55.7 Å². The highest BCUT2D eigenvalue weighted by molar-refractivity contribution is 7.22. The van der Waals surface area contributed by atoms with E-state index in [2.05, 4.69) is 11.6 Å². The second-order valence-electron chi connectivity index (χ2n) is 9.40. The molecule has 3 aromatic carbocycles. The Morgan fingerprint density at radius 2 is 2.08 bits per heavy atom. The van der Waals surface area contributed by atoms with Gasteiger partial charge >= 0.3 is 5.91 Å². The summed E-state index contributed by atoms with van der Waals surface area (Å²) < 4.78 is 12.3. The van der Waals surface area contributed by atoms with Crippen LogP contribution in [0.1, 0.15) is 29.7 Å². The molecule has 196 valence electrons. The second-order valence-corrected chi connectivity index (χ2v) is 10.9. The quantitative estimate of drug-likeness (QED) is 0.126. The fourth-order valence-corrected chi connectivity index (χ4v) is 6.26. The summed E-state index contributed by atoms with van der Waals surface area (Å²) in [5.41, 5.74) is 2.58. The van der Waals surface area contributed by atoms with Crippen molar-refractivity contribution in [1.82, 2.24) is 4.98 Å². The van der Waals surface area contributed by atoms with Crippen LogP contribution in [0.2, 0.25) is 5.02 Å². The van der Waals surface area contributed by atoms with Crippen LogP contribution in [0, 0.1) is 0 Å². The van der Waals surface area contributed by atoms with E-state index < -0.39 is 17.7 Å². The van der Waals surface area contributed by atoms with Gasteiger partial charge in [-0.2, -0.15) is 0 Å². The van der Waals surface area contributed by atoms with Crippen molar-refractivity contribution in [2.24, 2.45) is 0 Å². The average Bonchev–Trinajstić information content (AvgIpc) is 3.59. The number of aromatic nitrogens is 1. The summed E-state index contributed by atoms with van der Waals surface area (Å²) >= 11 is 7.43. The number of anilines is 1. The Labute approximate surface area is 233 Å². The van der Waals surface area contributed by atoms with Gasteiger partial charge in [0, 0.05) is 17.0 Å². The average molecular weight is 559 g/mol. The monoisotopic (exact) mass is 558 g/mol. The van der Waals surface area contributed by atoms with Crippen LogP contribution in [0.5, 0.6) is 11.5 Å². The first-order valence-electron chi connectivity index (χ1n) is 12.3. The van der Waals surface area contributed by atoms with E-state index in [4.69, 9.17) is 21.1 Å². The number of benzene rings is 3. The van der Waals surface area contributed by atoms with E-state index in [1.165, 1.54) is 16.2 Å². The second kappa shape index (κ2) is 9.87. The maximum absolute atomic E-state index is 13.6. The smallest absolute Gasteiger partial charge is 0.301 e. The minimum Gasteiger partial charge on any atom is -0.507 e. The predicted octanol–water partition coefficient (Wildman–Crippen LogP) is 6.46. The van der Waals surface area contributed by atoms with E-state index in [-0.39, 0.29) is 24.0 Å². The number of aliphatic hydroxyl groups is 1. The normalized spacial score (nSPS) is 19.8. The fraction of sp³-hybridized carbons (Fsp3) is 0.167. The number of ketones is 1. The van der Waals surface area contributed by atoms with Crippen molar-refractivity contribution in [2.45, 2.75) is 25.5 Å². The van der Waals surface area contributed by atoms with Gasteiger partial charge in [-0.25, -0.2) is 4.98 Å². The molecule has 0 radical (unpaired) electrons. The van der Waals surface area contributed by atoms with Crippen LogP contribution in [0.25, 0.3) is 16.0 Å². The zero-order chi connectivity index (χ0) is 27.3. The van der Waals surface area contributed by atoms with Crippen LogP contribution in [0.3, 0.4) is 0 Å². The zero-order valence-electron chi connectivity index (χ0n) is 20.9. The number of carbonyl (C=O) groups is 2. The molecular weight excluding hydrogens is 536 g/mol. The van der Waals surface area contributed by atoms with E-state index in [9.17, 15) is 14.7 Å². The number of halogens is 1. The maximum Gasteiger partial charge on any atom is 0.301 e. The molecule has 9 heteroatoms. The Balaban J connectivity index is 1.53. The molecule has 2 aliphatic heterocycles. The summed E-state index contributed by atoms with van der Waals surface area (Å²) in [5.74, 6) is -0.543. The van der Waals surface area contributed by atoms with Crippen LogP contribution < -0.4 is 14.4 Å². The Kier molecular flexibility index (Phi) is 6.37. The highest BCUT2D eigenvalue weighted by Gasteiger charge is 2.48. The molecule has 0 unspecified atom stereocenters. The molecule has 0 bridgehead atoms. The number of aliphatic hydroxyl groups excluding tert-OH is 1. The van der Waals surface area contributed by atoms with Gasteiger partial charge in [-0.15, -0.1) is 0 Å². The van der Waals surface area contributed by atoms with E-state index in [1.807, 2.05) is 13.0 Å². The van der Waals surface area contributed by atoms with Gasteiger partial charge in [0.25, 0.3) is 5.78 Å². The third-order valence-corrected chi connectivity index (χ3v) is 7.95. The number of hydrogen-bond donors (Lipinski definition) is 1. The lowest BCUT2D eigenvalue weighted by Crippen LogP contribution is -2.29. The maximum atomic E-state index is 13.6. The van der Waals surface area contributed by atoms with Gasteiger partial charge in [-0.1, -0.05) is 47.7 Å². The Morgan fingerprint density at radius 3 is 2.90 bits per heavy atom. The number of carbonyl (C=O) groups excluding carboxylic acids is 2. The van der Waals surface area contributed by atoms with Crippen LogP contribution in [0.4, 0.5) is 5.13 Å². The van der Waals surface area contributed by atoms with Gasteiger partial charge in [0.1, 0.15) is 30.0 Å². The number of thiazole rings is 1. The zero-order valence-corrected chi connectivity index (χ0v) is 22.5. The number of fused-ring (bicyclic) bond motifs is 2. The molecule has 4 aromatic rings. The Hall–Kier alpha value is -4.14. The SMILES string of the molecule is C=CCOc1cccc([C@@H]2C(=C(O)c3ccc4c(c3)C[C@@H](C)O4)C(=O)C(=O)N2c2nc3ccc(Cl)cc3s2)c1. The van der Waals surface area contributed by atoms with Crippen molar-refractivity contribution in [3.63, 3.8) is 0 Å². The molecule has 0 saturated carbocycles. The standard InChI is InChI=1S/C30H23ClN2O5S/c1-3-11-37-21-6-4-5-17(14-21)26-25(27(34)18-7-10-23-19(13-18)12-16(2)38-23)28(35)29(36)33(26)30-32-22-9-8-20(31)15-24(22)39-30/h3-10,13-16,26,34H,1,11-12H2,2H3/t16-,26-/m1/s1. The van der Waals surface area contributed by atoms with E-state index in [0.29, 0.717) is 39.0 Å². The highest BCUT2D eigenvalue weighted by Crippen LogP contribution is 2.45. The molecule has 3 heterocycles. The van der Waals surface area contributed by atoms with Gasteiger partial charge < -0.3 is 14.6 Å². The number of amides is 1. The minimum atomic E-state index is -0.934. The molecule has 1 saturated heterocycles. The number of hydrogen-bond acceptors (Lipinski definition) is 7. The summed E-state index contributed by atoms with van der Waals surface area (Å²) in [6.45, 7) is 5.94. The van der Waals surface area contributed by atoms with Crippen LogP contribution >= 0.6 is 22.9 Å². The molecule has 1 amide bonds. The predicted molar refractivity (Wildman–Crippen MR) is 152 cm³/mol. The summed E-state index contributed by atoms with van der Waals surface area (Å²) in [4.78, 5) is 33.1. The molecule has 1 N–H and O–H groups in total. The largest absolute Gasteiger partial charge is 0.507 e. The van der Waals surface area contributed by atoms with Crippen molar-refractivity contribution < 1.29 is 24.2 Å². The molecule has 7 nitrogen and oxygen atoms in total. The minimum absolute atomic E-state index is 0.0221. The first kappa shape index (κ1) is 25.2. The Bertz CT molecular complexity index is 1690. The highest BCUT2D eigenvalue weighted by atomic mass is 35.5. The number of nitrogens with zero attached hydrogens (tertiary/aromatic N) is 2. The lowest BCUT2D eigenvalue weighted by atomic mass is 9.94. The molecule has 0 aliphatic carbocycles. The molecule has 1 fully saturated rings. The fourth-order valence-electron chi connectivity index (χ4n) is 4.99. The van der Waals surface area contributed by atoms with Gasteiger partial charge in [0.15, 0.2) is 5.13 Å². The molecule has 2 aliphatic rings. The molecule has 39 heavy (non-hydrogen) atoms. The number of Topliss-reactive ketones (excluding diaryl/α,β-unsaturated/α-hetero) is 1. The first-order chi connectivity index (χ1) is 18.8. The van der Waals surface area contributed by atoms with Crippen molar-refractivity contribution in [3.8, 4) is 11.5 Å². The van der Waals surface area contributed by atoms with Crippen molar-refractivity contribution in [2.75, 3.05) is 11.5 Å². The summed E-state index contributed by atoms with van der Waals surface area (Å²) in [5, 5.41) is 12.4. The molecule has 1 aromatic heterocycles. The topological polar surface area (TPSA) is 89.0 Å². The third-order valence-electron chi connectivity index (χ3n) is 6.70. The molecule has 2 atom stereocenters. The van der Waals surface area contributed by atoms with Gasteiger partial charge in [-0.3, -0.25) is 14.5 Å². The van der Waals surface area contributed by atoms with E-state index in [0.717, 1.165) is 16.0 Å². The number of rotatable bonds is 6.